The first-order valence-electron chi connectivity index (χ1n) is 6.87. The van der Waals surface area contributed by atoms with Crippen molar-refractivity contribution in [2.24, 2.45) is 0 Å². The summed E-state index contributed by atoms with van der Waals surface area (Å²) in [5.74, 6) is 0.652. The van der Waals surface area contributed by atoms with Crippen LogP contribution in [-0.4, -0.2) is 36.9 Å². The highest BCUT2D eigenvalue weighted by molar-refractivity contribution is 5.90. The van der Waals surface area contributed by atoms with Crippen molar-refractivity contribution in [2.45, 2.75) is 32.8 Å². The summed E-state index contributed by atoms with van der Waals surface area (Å²) in [6.07, 6.45) is 1.08. The molecule has 5 heteroatoms. The maximum Gasteiger partial charge on any atom is 0.226 e. The van der Waals surface area contributed by atoms with Crippen LogP contribution in [-0.2, 0) is 9.53 Å². The summed E-state index contributed by atoms with van der Waals surface area (Å²) in [5.41, 5.74) is 0.731. The lowest BCUT2D eigenvalue weighted by Crippen LogP contribution is -2.15. The lowest BCUT2D eigenvalue weighted by molar-refractivity contribution is -0.117. The molecule has 20 heavy (non-hydrogen) atoms. The molecule has 0 atom stereocenters. The van der Waals surface area contributed by atoms with Crippen LogP contribution in [0.25, 0.3) is 0 Å². The Kier molecular flexibility index (Phi) is 7.69. The Labute approximate surface area is 119 Å². The van der Waals surface area contributed by atoms with Gasteiger partial charge in [-0.15, -0.1) is 0 Å². The van der Waals surface area contributed by atoms with Gasteiger partial charge in [-0.3, -0.25) is 4.79 Å². The Hall–Kier alpha value is -1.59. The van der Waals surface area contributed by atoms with E-state index in [9.17, 15) is 4.79 Å². The minimum Gasteiger partial charge on any atom is -0.494 e. The molecular weight excluding hydrogens is 258 g/mol. The molecule has 0 aliphatic carbocycles. The van der Waals surface area contributed by atoms with Gasteiger partial charge in [-0.05, 0) is 38.1 Å². The van der Waals surface area contributed by atoms with Gasteiger partial charge < -0.3 is 19.9 Å². The first-order chi connectivity index (χ1) is 9.61. The van der Waals surface area contributed by atoms with Crippen molar-refractivity contribution in [1.82, 2.24) is 0 Å². The number of anilines is 1. The highest BCUT2D eigenvalue weighted by Crippen LogP contribution is 2.16. The summed E-state index contributed by atoms with van der Waals surface area (Å²) in [5, 5.41) is 11.5. The standard InChI is InChI=1S/C15H23NO4/c1-12(2)19-11-8-15(18)16-13-4-6-14(7-5-13)20-10-3-9-17/h4-7,12,17H,3,8-11H2,1-2H3,(H,16,18). The zero-order valence-corrected chi connectivity index (χ0v) is 12.1. The number of ether oxygens (including phenoxy) is 2. The van der Waals surface area contributed by atoms with Crippen LogP contribution in [0.2, 0.25) is 0 Å². The number of aliphatic hydroxyl groups excluding tert-OH is 1. The van der Waals surface area contributed by atoms with Crippen molar-refractivity contribution in [3.05, 3.63) is 24.3 Å². The number of hydrogen-bond donors (Lipinski definition) is 2. The van der Waals surface area contributed by atoms with Gasteiger partial charge in [0.1, 0.15) is 5.75 Å². The smallest absolute Gasteiger partial charge is 0.226 e. The molecule has 1 aromatic carbocycles. The molecule has 2 N–H and O–H groups in total. The second-order valence-electron chi connectivity index (χ2n) is 4.67. The summed E-state index contributed by atoms with van der Waals surface area (Å²) in [4.78, 5) is 11.6. The molecule has 5 nitrogen and oxygen atoms in total. The van der Waals surface area contributed by atoms with Gasteiger partial charge in [0, 0.05) is 18.7 Å². The van der Waals surface area contributed by atoms with Gasteiger partial charge in [-0.25, -0.2) is 0 Å². The van der Waals surface area contributed by atoms with Crippen LogP contribution in [0.5, 0.6) is 5.75 Å². The van der Waals surface area contributed by atoms with E-state index in [0.29, 0.717) is 26.1 Å². The zero-order chi connectivity index (χ0) is 14.8. The molecule has 0 bridgehead atoms. The summed E-state index contributed by atoms with van der Waals surface area (Å²) < 4.78 is 10.7. The Balaban J connectivity index is 2.31. The first-order valence-corrected chi connectivity index (χ1v) is 6.87. The zero-order valence-electron chi connectivity index (χ0n) is 12.1. The van der Waals surface area contributed by atoms with Crippen LogP contribution in [0.1, 0.15) is 26.7 Å². The normalized spacial score (nSPS) is 10.6. The van der Waals surface area contributed by atoms with Crippen LogP contribution in [0.4, 0.5) is 5.69 Å². The predicted molar refractivity (Wildman–Crippen MR) is 78.0 cm³/mol. The number of rotatable bonds is 9. The van der Waals surface area contributed by atoms with Crippen LogP contribution in [0.3, 0.4) is 0 Å². The average Bonchev–Trinajstić information content (AvgIpc) is 2.40. The molecular formula is C15H23NO4. The molecule has 0 fully saturated rings. The third kappa shape index (κ3) is 7.11. The molecule has 0 aliphatic heterocycles. The maximum atomic E-state index is 11.6. The molecule has 1 amide bonds. The quantitative estimate of drug-likeness (QED) is 0.681. The Morgan fingerprint density at radius 2 is 1.95 bits per heavy atom. The molecule has 0 radical (unpaired) electrons. The number of carbonyl (C=O) groups excluding carboxylic acids is 1. The van der Waals surface area contributed by atoms with Gasteiger partial charge in [0.2, 0.25) is 5.91 Å². The molecule has 112 valence electrons. The second-order valence-corrected chi connectivity index (χ2v) is 4.67. The molecule has 0 heterocycles. The van der Waals surface area contributed by atoms with Gasteiger partial charge in [-0.1, -0.05) is 0 Å². The number of nitrogens with one attached hydrogen (secondary N) is 1. The van der Waals surface area contributed by atoms with E-state index in [-0.39, 0.29) is 18.6 Å². The first kappa shape index (κ1) is 16.5. The summed E-state index contributed by atoms with van der Waals surface area (Å²) in [7, 11) is 0. The van der Waals surface area contributed by atoms with Crippen molar-refractivity contribution in [3.8, 4) is 5.75 Å². The van der Waals surface area contributed by atoms with E-state index in [1.807, 2.05) is 13.8 Å². The Bertz CT molecular complexity index is 389. The Morgan fingerprint density at radius 3 is 2.55 bits per heavy atom. The fraction of sp³-hybridized carbons (Fsp3) is 0.533. The predicted octanol–water partition coefficient (Wildman–Crippen LogP) is 2.20. The number of amides is 1. The fourth-order valence-corrected chi connectivity index (χ4v) is 1.50. The van der Waals surface area contributed by atoms with Crippen molar-refractivity contribution >= 4 is 11.6 Å². The molecule has 1 rings (SSSR count). The summed E-state index contributed by atoms with van der Waals surface area (Å²) in [6, 6.07) is 7.15. The van der Waals surface area contributed by atoms with Crippen molar-refractivity contribution in [1.29, 1.82) is 0 Å². The molecule has 0 aliphatic rings. The SMILES string of the molecule is CC(C)OCCC(=O)Nc1ccc(OCCCO)cc1. The largest absolute Gasteiger partial charge is 0.494 e. The monoisotopic (exact) mass is 281 g/mol. The topological polar surface area (TPSA) is 67.8 Å². The van der Waals surface area contributed by atoms with Crippen molar-refractivity contribution in [2.75, 3.05) is 25.1 Å². The van der Waals surface area contributed by atoms with Crippen LogP contribution >= 0.6 is 0 Å². The van der Waals surface area contributed by atoms with Crippen LogP contribution < -0.4 is 10.1 Å². The minimum atomic E-state index is -0.0698. The third-order valence-corrected chi connectivity index (χ3v) is 2.49. The number of hydrogen-bond acceptors (Lipinski definition) is 4. The summed E-state index contributed by atoms with van der Waals surface area (Å²) >= 11 is 0. The number of aliphatic hydroxyl groups is 1. The van der Waals surface area contributed by atoms with Crippen molar-refractivity contribution in [3.63, 3.8) is 0 Å². The van der Waals surface area contributed by atoms with Crippen LogP contribution in [0, 0.1) is 0 Å². The van der Waals surface area contributed by atoms with E-state index in [0.717, 1.165) is 11.4 Å². The molecule has 1 aromatic rings. The van der Waals surface area contributed by atoms with E-state index in [1.54, 1.807) is 24.3 Å². The maximum absolute atomic E-state index is 11.6. The number of benzene rings is 1. The lowest BCUT2D eigenvalue weighted by atomic mass is 10.3. The third-order valence-electron chi connectivity index (χ3n) is 2.49. The minimum absolute atomic E-state index is 0.0698. The highest BCUT2D eigenvalue weighted by Gasteiger charge is 2.03. The Morgan fingerprint density at radius 1 is 1.25 bits per heavy atom. The highest BCUT2D eigenvalue weighted by atomic mass is 16.5. The molecule has 0 aromatic heterocycles. The second kappa shape index (κ2) is 9.34. The van der Waals surface area contributed by atoms with Gasteiger partial charge >= 0.3 is 0 Å². The number of carbonyl (C=O) groups is 1. The molecule has 0 unspecified atom stereocenters. The van der Waals surface area contributed by atoms with E-state index < -0.39 is 0 Å². The molecule has 0 saturated carbocycles. The van der Waals surface area contributed by atoms with Gasteiger partial charge in [0.25, 0.3) is 0 Å². The lowest BCUT2D eigenvalue weighted by Gasteiger charge is -2.09. The van der Waals surface area contributed by atoms with E-state index >= 15 is 0 Å². The van der Waals surface area contributed by atoms with E-state index in [2.05, 4.69) is 5.32 Å². The average molecular weight is 281 g/mol. The van der Waals surface area contributed by atoms with Gasteiger partial charge in [0.05, 0.1) is 25.7 Å². The fourth-order valence-electron chi connectivity index (χ4n) is 1.50. The van der Waals surface area contributed by atoms with Gasteiger partial charge in [-0.2, -0.15) is 0 Å². The van der Waals surface area contributed by atoms with E-state index in [1.165, 1.54) is 0 Å². The summed E-state index contributed by atoms with van der Waals surface area (Å²) in [6.45, 7) is 4.90. The van der Waals surface area contributed by atoms with E-state index in [4.69, 9.17) is 14.6 Å². The van der Waals surface area contributed by atoms with Crippen LogP contribution in [0.15, 0.2) is 24.3 Å². The molecule has 0 spiro atoms. The van der Waals surface area contributed by atoms with Crippen molar-refractivity contribution < 1.29 is 19.4 Å². The van der Waals surface area contributed by atoms with Gasteiger partial charge in [0.15, 0.2) is 0 Å². The molecule has 0 saturated heterocycles.